The normalized spacial score (nSPS) is 14.5. The highest BCUT2D eigenvalue weighted by atomic mass is 32.2. The smallest absolute Gasteiger partial charge is 0.265 e. The van der Waals surface area contributed by atoms with Crippen molar-refractivity contribution in [2.45, 2.75) is 35.5 Å². The summed E-state index contributed by atoms with van der Waals surface area (Å²) in [6.07, 6.45) is 7.03. The van der Waals surface area contributed by atoms with Crippen molar-refractivity contribution in [3.8, 4) is 0 Å². The maximum absolute atomic E-state index is 12.7. The van der Waals surface area contributed by atoms with Crippen molar-refractivity contribution in [1.29, 1.82) is 0 Å². The van der Waals surface area contributed by atoms with Gasteiger partial charge >= 0.3 is 0 Å². The number of anilines is 1. The minimum absolute atomic E-state index is 0.0508. The number of sulfonamides is 1. The van der Waals surface area contributed by atoms with Crippen molar-refractivity contribution in [2.24, 2.45) is 10.1 Å². The van der Waals surface area contributed by atoms with Gasteiger partial charge in [-0.2, -0.15) is 0 Å². The quantitative estimate of drug-likeness (QED) is 0.345. The Morgan fingerprint density at radius 2 is 2.00 bits per heavy atom. The van der Waals surface area contributed by atoms with Crippen LogP contribution in [0.5, 0.6) is 0 Å². The lowest BCUT2D eigenvalue weighted by molar-refractivity contribution is -0.120. The first-order valence-corrected chi connectivity index (χ1v) is 12.9. The summed E-state index contributed by atoms with van der Waals surface area (Å²) in [6.45, 7) is 0.324. The van der Waals surface area contributed by atoms with Crippen molar-refractivity contribution in [3.05, 3.63) is 54.1 Å². The molecular weight excluding hydrogens is 448 g/mol. The van der Waals surface area contributed by atoms with Gasteiger partial charge in [0.05, 0.1) is 11.1 Å². The van der Waals surface area contributed by atoms with Crippen LogP contribution in [0.15, 0.2) is 68.5 Å². The topological polar surface area (TPSA) is 109 Å². The zero-order chi connectivity index (χ0) is 22.8. The molecule has 8 nitrogen and oxygen atoms in total. The summed E-state index contributed by atoms with van der Waals surface area (Å²) in [5.74, 6) is 0.0295. The molecule has 32 heavy (non-hydrogen) atoms. The Hall–Kier alpha value is -2.85. The number of benzene rings is 2. The van der Waals surface area contributed by atoms with Gasteiger partial charge in [0, 0.05) is 23.5 Å². The van der Waals surface area contributed by atoms with E-state index in [1.54, 1.807) is 23.9 Å². The van der Waals surface area contributed by atoms with E-state index in [4.69, 9.17) is 4.84 Å². The standard InChI is InChI=1S/C22H26N4O4S2/c1-31-19-11-9-17(10-12-19)15-24-30-16-22(27)25-18-6-5-7-20(14-18)32(28,29)26-21-8-3-2-4-13-23-21/h5-7,9-12,14-15H,2-4,8,13,16H2,1H3,(H,23,26)(H,25,27)/b24-15+. The van der Waals surface area contributed by atoms with Crippen LogP contribution in [-0.2, 0) is 19.7 Å². The summed E-state index contributed by atoms with van der Waals surface area (Å²) < 4.78 is 27.9. The number of nitrogens with one attached hydrogen (secondary N) is 2. The molecule has 2 aromatic carbocycles. The summed E-state index contributed by atoms with van der Waals surface area (Å²) in [7, 11) is -3.78. The second-order valence-electron chi connectivity index (χ2n) is 7.10. The molecule has 1 aliphatic heterocycles. The van der Waals surface area contributed by atoms with Crippen molar-refractivity contribution < 1.29 is 18.0 Å². The monoisotopic (exact) mass is 474 g/mol. The molecule has 0 fully saturated rings. The molecule has 0 unspecified atom stereocenters. The average molecular weight is 475 g/mol. The minimum Gasteiger partial charge on any atom is -0.386 e. The molecule has 0 aromatic heterocycles. The Balaban J connectivity index is 1.53. The Labute approximate surface area is 192 Å². The molecule has 3 rings (SSSR count). The highest BCUT2D eigenvalue weighted by Crippen LogP contribution is 2.17. The fourth-order valence-corrected chi connectivity index (χ4v) is 4.54. The van der Waals surface area contributed by atoms with Crippen molar-refractivity contribution in [2.75, 3.05) is 24.7 Å². The van der Waals surface area contributed by atoms with Gasteiger partial charge in [0.25, 0.3) is 15.9 Å². The van der Waals surface area contributed by atoms with E-state index in [0.717, 1.165) is 29.7 Å². The van der Waals surface area contributed by atoms with E-state index < -0.39 is 15.9 Å². The molecule has 0 bridgehead atoms. The van der Waals surface area contributed by atoms with Crippen molar-refractivity contribution in [1.82, 2.24) is 4.72 Å². The van der Waals surface area contributed by atoms with Crippen LogP contribution < -0.4 is 10.0 Å². The number of hydrogen-bond donors (Lipinski definition) is 2. The molecule has 170 valence electrons. The highest BCUT2D eigenvalue weighted by molar-refractivity contribution is 7.98. The van der Waals surface area contributed by atoms with Crippen LogP contribution in [0.3, 0.4) is 0 Å². The van der Waals surface area contributed by atoms with E-state index in [1.807, 2.05) is 30.5 Å². The van der Waals surface area contributed by atoms with Gasteiger partial charge in [0.2, 0.25) is 0 Å². The predicted molar refractivity (Wildman–Crippen MR) is 128 cm³/mol. The lowest BCUT2D eigenvalue weighted by Gasteiger charge is -2.11. The van der Waals surface area contributed by atoms with Crippen LogP contribution in [0.25, 0.3) is 0 Å². The first kappa shape index (κ1) is 23.8. The van der Waals surface area contributed by atoms with Crippen molar-refractivity contribution >= 4 is 45.4 Å². The van der Waals surface area contributed by atoms with Gasteiger partial charge in [-0.3, -0.25) is 14.5 Å². The molecule has 1 amide bonds. The third-order valence-corrected chi connectivity index (χ3v) is 6.76. The van der Waals surface area contributed by atoms with E-state index in [2.05, 4.69) is 20.2 Å². The van der Waals surface area contributed by atoms with E-state index in [1.165, 1.54) is 18.3 Å². The third-order valence-electron chi connectivity index (χ3n) is 4.64. The van der Waals surface area contributed by atoms with Crippen LogP contribution in [-0.4, -0.2) is 45.8 Å². The van der Waals surface area contributed by atoms with E-state index in [9.17, 15) is 13.2 Å². The minimum atomic E-state index is -3.78. The molecule has 2 aromatic rings. The predicted octanol–water partition coefficient (Wildman–Crippen LogP) is 3.65. The number of amidine groups is 1. The number of carbonyl (C=O) groups is 1. The molecule has 10 heteroatoms. The molecule has 1 heterocycles. The Morgan fingerprint density at radius 1 is 1.19 bits per heavy atom. The van der Waals surface area contributed by atoms with Gasteiger partial charge in [-0.1, -0.05) is 29.8 Å². The lowest BCUT2D eigenvalue weighted by Crippen LogP contribution is -2.30. The summed E-state index contributed by atoms with van der Waals surface area (Å²) in [6, 6.07) is 13.8. The maximum Gasteiger partial charge on any atom is 0.265 e. The number of amides is 1. The number of carbonyl (C=O) groups excluding carboxylic acids is 1. The highest BCUT2D eigenvalue weighted by Gasteiger charge is 2.18. The first-order valence-electron chi connectivity index (χ1n) is 10.2. The second kappa shape index (κ2) is 11.7. The Bertz CT molecular complexity index is 1080. The molecule has 0 aliphatic carbocycles. The molecule has 0 saturated carbocycles. The van der Waals surface area contributed by atoms with Gasteiger partial charge in [0.1, 0.15) is 5.84 Å². The van der Waals surface area contributed by atoms with E-state index >= 15 is 0 Å². The molecule has 0 spiro atoms. The molecule has 1 aliphatic rings. The lowest BCUT2D eigenvalue weighted by atomic mass is 10.2. The summed E-state index contributed by atoms with van der Waals surface area (Å²) in [5, 5.41) is 6.42. The first-order chi connectivity index (χ1) is 15.5. The number of oxime groups is 1. The van der Waals surface area contributed by atoms with Crippen LogP contribution >= 0.6 is 11.8 Å². The molecular formula is C22H26N4O4S2. The zero-order valence-corrected chi connectivity index (χ0v) is 19.4. The number of hydrogen-bond acceptors (Lipinski definition) is 7. The number of nitrogens with zero attached hydrogens (tertiary/aromatic N) is 2. The van der Waals surface area contributed by atoms with Gasteiger partial charge < -0.3 is 10.2 Å². The SMILES string of the molecule is CSc1ccc(/C=N/OCC(=O)Nc2cccc(S(=O)(=O)NC3=NCCCCC3)c2)cc1. The van der Waals surface area contributed by atoms with Gasteiger partial charge in [-0.15, -0.1) is 11.8 Å². The van der Waals surface area contributed by atoms with Gasteiger partial charge in [-0.05, 0) is 55.0 Å². The van der Waals surface area contributed by atoms with Crippen LogP contribution in [0.1, 0.15) is 31.2 Å². The molecule has 2 N–H and O–H groups in total. The number of thioether (sulfide) groups is 1. The zero-order valence-electron chi connectivity index (χ0n) is 17.8. The fourth-order valence-electron chi connectivity index (χ4n) is 2.99. The Morgan fingerprint density at radius 3 is 2.78 bits per heavy atom. The van der Waals surface area contributed by atoms with E-state index in [0.29, 0.717) is 24.5 Å². The maximum atomic E-state index is 12.7. The number of aliphatic imine (C=N–C) groups is 1. The molecule has 0 saturated heterocycles. The van der Waals surface area contributed by atoms with E-state index in [-0.39, 0.29) is 11.5 Å². The largest absolute Gasteiger partial charge is 0.386 e. The summed E-state index contributed by atoms with van der Waals surface area (Å²) in [4.78, 5) is 22.7. The van der Waals surface area contributed by atoms with Crippen molar-refractivity contribution in [3.63, 3.8) is 0 Å². The third kappa shape index (κ3) is 7.38. The summed E-state index contributed by atoms with van der Waals surface area (Å²) in [5.41, 5.74) is 1.20. The van der Waals surface area contributed by atoms with Gasteiger partial charge in [-0.25, -0.2) is 8.42 Å². The molecule has 0 radical (unpaired) electrons. The average Bonchev–Trinajstić information content (AvgIpc) is 3.05. The van der Waals surface area contributed by atoms with Crippen LogP contribution in [0, 0.1) is 0 Å². The van der Waals surface area contributed by atoms with Gasteiger partial charge in [0.15, 0.2) is 6.61 Å². The fraction of sp³-hybridized carbons (Fsp3) is 0.318. The molecule has 0 atom stereocenters. The second-order valence-corrected chi connectivity index (χ2v) is 9.66. The van der Waals surface area contributed by atoms with Crippen LogP contribution in [0.4, 0.5) is 5.69 Å². The summed E-state index contributed by atoms with van der Waals surface area (Å²) >= 11 is 1.65. The number of rotatable bonds is 8. The Kier molecular flexibility index (Phi) is 8.69. The van der Waals surface area contributed by atoms with Crippen LogP contribution in [0.2, 0.25) is 0 Å².